The van der Waals surface area contributed by atoms with E-state index in [0.717, 1.165) is 24.8 Å². The molecular weight excluding hydrogens is 201 g/mol. The van der Waals surface area contributed by atoms with Gasteiger partial charge in [0.2, 0.25) is 0 Å². The largest absolute Gasteiger partial charge is 0.330 e. The Balaban J connectivity index is 2.70. The molecule has 0 saturated heterocycles. The number of rotatable bonds is 5. The van der Waals surface area contributed by atoms with Gasteiger partial charge in [-0.05, 0) is 37.4 Å². The van der Waals surface area contributed by atoms with Crippen LogP contribution in [0.3, 0.4) is 0 Å². The quantitative estimate of drug-likeness (QED) is 0.751. The van der Waals surface area contributed by atoms with E-state index in [9.17, 15) is 4.39 Å². The minimum absolute atomic E-state index is 0.488. The molecule has 0 unspecified atom stereocenters. The summed E-state index contributed by atoms with van der Waals surface area (Å²) in [6.07, 6.45) is 2.82. The first-order valence-electron chi connectivity index (χ1n) is 4.82. The first-order valence-corrected chi connectivity index (χ1v) is 5.19. The van der Waals surface area contributed by atoms with Crippen molar-refractivity contribution < 1.29 is 4.39 Å². The van der Waals surface area contributed by atoms with Crippen LogP contribution in [0.15, 0.2) is 18.2 Å². The second-order valence-corrected chi connectivity index (χ2v) is 3.66. The van der Waals surface area contributed by atoms with E-state index in [4.69, 9.17) is 17.3 Å². The lowest BCUT2D eigenvalue weighted by molar-refractivity contribution is 0.482. The number of alkyl halides is 1. The molecule has 78 valence electrons. The van der Waals surface area contributed by atoms with Gasteiger partial charge in [-0.3, -0.25) is 0 Å². The summed E-state index contributed by atoms with van der Waals surface area (Å²) in [5, 5.41) is 0.526. The van der Waals surface area contributed by atoms with Gasteiger partial charge < -0.3 is 5.73 Å². The van der Waals surface area contributed by atoms with Gasteiger partial charge in [-0.2, -0.15) is 0 Å². The van der Waals surface area contributed by atoms with Crippen molar-refractivity contribution in [1.82, 2.24) is 0 Å². The number of hydrogen-bond donors (Lipinski definition) is 1. The molecule has 0 aliphatic heterocycles. The molecule has 2 N–H and O–H groups in total. The zero-order chi connectivity index (χ0) is 10.4. The Labute approximate surface area is 89.1 Å². The molecule has 0 aliphatic carbocycles. The van der Waals surface area contributed by atoms with Crippen LogP contribution in [0.4, 0.5) is 4.39 Å². The van der Waals surface area contributed by atoms with Gasteiger partial charge in [-0.1, -0.05) is 23.7 Å². The molecule has 14 heavy (non-hydrogen) atoms. The van der Waals surface area contributed by atoms with Crippen LogP contribution in [0.2, 0.25) is 5.02 Å². The maximum atomic E-state index is 12.6. The third kappa shape index (κ3) is 2.96. The highest BCUT2D eigenvalue weighted by Crippen LogP contribution is 2.22. The Morgan fingerprint density at radius 2 is 2.07 bits per heavy atom. The van der Waals surface area contributed by atoms with Crippen LogP contribution in [0.1, 0.15) is 24.0 Å². The normalized spacial score (nSPS) is 10.5. The molecule has 1 aromatic carbocycles. The maximum absolute atomic E-state index is 12.6. The molecule has 0 amide bonds. The molecule has 0 bridgehead atoms. The number of hydrogen-bond acceptors (Lipinski definition) is 1. The summed E-state index contributed by atoms with van der Waals surface area (Å²) in [5.41, 5.74) is 7.03. The summed E-state index contributed by atoms with van der Waals surface area (Å²) in [5.74, 6) is 0. The second-order valence-electron chi connectivity index (χ2n) is 3.26. The van der Waals surface area contributed by atoms with Crippen molar-refractivity contribution >= 4 is 11.6 Å². The highest BCUT2D eigenvalue weighted by Gasteiger charge is 2.05. The lowest BCUT2D eigenvalue weighted by Gasteiger charge is -2.07. The fourth-order valence-electron chi connectivity index (χ4n) is 1.45. The van der Waals surface area contributed by atoms with E-state index in [0.29, 0.717) is 17.1 Å². The summed E-state index contributed by atoms with van der Waals surface area (Å²) >= 11 is 5.88. The maximum Gasteiger partial charge on any atom is 0.116 e. The predicted octanol–water partition coefficient (Wildman–Crippen LogP) is 3.09. The average molecular weight is 216 g/mol. The van der Waals surface area contributed by atoms with Gasteiger partial charge in [0.1, 0.15) is 6.67 Å². The number of benzene rings is 1. The number of halogens is 2. The molecule has 3 heteroatoms. The van der Waals surface area contributed by atoms with E-state index >= 15 is 0 Å². The Kier molecular flexibility index (Phi) is 4.91. The highest BCUT2D eigenvalue weighted by atomic mass is 35.5. The lowest BCUT2D eigenvalue weighted by Crippen LogP contribution is -2.00. The molecule has 0 saturated carbocycles. The van der Waals surface area contributed by atoms with Crippen LogP contribution < -0.4 is 5.73 Å². The summed E-state index contributed by atoms with van der Waals surface area (Å²) in [6.45, 7) is 0.198. The van der Waals surface area contributed by atoms with Gasteiger partial charge in [0.25, 0.3) is 0 Å². The van der Waals surface area contributed by atoms with Gasteiger partial charge >= 0.3 is 0 Å². The van der Waals surface area contributed by atoms with Crippen LogP contribution in [-0.2, 0) is 13.1 Å². The smallest absolute Gasteiger partial charge is 0.116 e. The van der Waals surface area contributed by atoms with Crippen LogP contribution in [0.25, 0.3) is 0 Å². The van der Waals surface area contributed by atoms with Crippen LogP contribution in [-0.4, -0.2) is 6.54 Å². The van der Waals surface area contributed by atoms with Gasteiger partial charge in [0, 0.05) is 10.6 Å². The number of nitrogens with two attached hydrogens (primary N) is 1. The van der Waals surface area contributed by atoms with Crippen molar-refractivity contribution in [3.05, 3.63) is 34.3 Å². The predicted molar refractivity (Wildman–Crippen MR) is 58.3 cm³/mol. The fraction of sp³-hybridized carbons (Fsp3) is 0.455. The molecule has 0 atom stereocenters. The molecule has 0 heterocycles. The fourth-order valence-corrected chi connectivity index (χ4v) is 1.69. The number of unbranched alkanes of at least 4 members (excludes halogenated alkanes) is 1. The van der Waals surface area contributed by atoms with E-state index in [2.05, 4.69) is 0 Å². The minimum Gasteiger partial charge on any atom is -0.330 e. The molecule has 0 fully saturated rings. The van der Waals surface area contributed by atoms with Crippen molar-refractivity contribution in [2.45, 2.75) is 25.9 Å². The van der Waals surface area contributed by atoms with E-state index in [1.807, 2.05) is 12.1 Å². The summed E-state index contributed by atoms with van der Waals surface area (Å²) in [7, 11) is 0. The molecule has 1 rings (SSSR count). The molecule has 0 aromatic heterocycles. The summed E-state index contributed by atoms with van der Waals surface area (Å²) in [4.78, 5) is 0. The Hall–Kier alpha value is -0.600. The molecule has 0 aliphatic rings. The Morgan fingerprint density at radius 3 is 2.71 bits per heavy atom. The van der Waals surface area contributed by atoms with E-state index in [1.165, 1.54) is 0 Å². The SMILES string of the molecule is NCCCCc1cccc(Cl)c1CF. The van der Waals surface area contributed by atoms with E-state index in [-0.39, 0.29) is 0 Å². The van der Waals surface area contributed by atoms with Crippen molar-refractivity contribution in [3.63, 3.8) is 0 Å². The molecule has 1 aromatic rings. The van der Waals surface area contributed by atoms with Gasteiger partial charge in [-0.25, -0.2) is 4.39 Å². The average Bonchev–Trinajstić information content (AvgIpc) is 2.18. The minimum atomic E-state index is -0.488. The molecule has 1 nitrogen and oxygen atoms in total. The van der Waals surface area contributed by atoms with Crippen molar-refractivity contribution in [2.24, 2.45) is 5.73 Å². The Morgan fingerprint density at radius 1 is 1.29 bits per heavy atom. The first kappa shape index (κ1) is 11.5. The third-order valence-electron chi connectivity index (χ3n) is 2.25. The van der Waals surface area contributed by atoms with Crippen molar-refractivity contribution in [3.8, 4) is 0 Å². The zero-order valence-corrected chi connectivity index (χ0v) is 8.86. The van der Waals surface area contributed by atoms with Crippen molar-refractivity contribution in [2.75, 3.05) is 6.54 Å². The first-order chi connectivity index (χ1) is 6.79. The standard InChI is InChI=1S/C11H15ClFN/c12-11-6-3-5-9(10(11)8-13)4-1-2-7-14/h3,5-6H,1-2,4,7-8,14H2. The van der Waals surface area contributed by atoms with Crippen LogP contribution in [0.5, 0.6) is 0 Å². The Bertz CT molecular complexity index is 289. The summed E-state index contributed by atoms with van der Waals surface area (Å²) in [6, 6.07) is 5.51. The summed E-state index contributed by atoms with van der Waals surface area (Å²) < 4.78 is 12.6. The molecular formula is C11H15ClFN. The third-order valence-corrected chi connectivity index (χ3v) is 2.60. The zero-order valence-electron chi connectivity index (χ0n) is 8.10. The van der Waals surface area contributed by atoms with Gasteiger partial charge in [-0.15, -0.1) is 0 Å². The van der Waals surface area contributed by atoms with Gasteiger partial charge in [0.15, 0.2) is 0 Å². The van der Waals surface area contributed by atoms with E-state index in [1.54, 1.807) is 6.07 Å². The lowest BCUT2D eigenvalue weighted by atomic mass is 10.0. The van der Waals surface area contributed by atoms with E-state index < -0.39 is 6.67 Å². The molecule has 0 radical (unpaired) electrons. The molecule has 0 spiro atoms. The van der Waals surface area contributed by atoms with Crippen molar-refractivity contribution in [1.29, 1.82) is 0 Å². The highest BCUT2D eigenvalue weighted by molar-refractivity contribution is 6.31. The second kappa shape index (κ2) is 5.99. The van der Waals surface area contributed by atoms with Crippen LogP contribution in [0, 0.1) is 0 Å². The topological polar surface area (TPSA) is 26.0 Å². The number of aryl methyl sites for hydroxylation is 1. The van der Waals surface area contributed by atoms with Crippen LogP contribution >= 0.6 is 11.6 Å². The van der Waals surface area contributed by atoms with Gasteiger partial charge in [0.05, 0.1) is 0 Å². The monoisotopic (exact) mass is 215 g/mol.